The Bertz CT molecular complexity index is 383. The molecular formula is C16H30IN5. The molecule has 126 valence electrons. The highest BCUT2D eigenvalue weighted by molar-refractivity contribution is 14.0. The van der Waals surface area contributed by atoms with Crippen LogP contribution in [0.15, 0.2) is 29.4 Å². The maximum Gasteiger partial charge on any atom is 0.188 e. The third-order valence-electron chi connectivity index (χ3n) is 3.17. The van der Waals surface area contributed by atoms with Gasteiger partial charge < -0.3 is 16.4 Å². The molecule has 1 rings (SSSR count). The zero-order valence-electron chi connectivity index (χ0n) is 13.6. The van der Waals surface area contributed by atoms with Crippen LogP contribution in [-0.4, -0.2) is 30.6 Å². The Labute approximate surface area is 151 Å². The van der Waals surface area contributed by atoms with E-state index < -0.39 is 0 Å². The number of pyridine rings is 1. The van der Waals surface area contributed by atoms with E-state index in [9.17, 15) is 0 Å². The van der Waals surface area contributed by atoms with E-state index in [2.05, 4.69) is 27.5 Å². The van der Waals surface area contributed by atoms with Gasteiger partial charge in [0.2, 0.25) is 0 Å². The highest BCUT2D eigenvalue weighted by Crippen LogP contribution is 2.00. The zero-order valence-corrected chi connectivity index (χ0v) is 15.9. The molecule has 0 saturated carbocycles. The SMILES string of the molecule is CCCCCCN=C(N)NCCCCNc1ccccn1.I. The van der Waals surface area contributed by atoms with Crippen LogP contribution in [-0.2, 0) is 0 Å². The van der Waals surface area contributed by atoms with Crippen LogP contribution in [0, 0.1) is 0 Å². The molecule has 0 bridgehead atoms. The fraction of sp³-hybridized carbons (Fsp3) is 0.625. The van der Waals surface area contributed by atoms with Crippen molar-refractivity contribution in [2.24, 2.45) is 10.7 Å². The fourth-order valence-corrected chi connectivity index (χ4v) is 1.94. The average Bonchev–Trinajstić information content (AvgIpc) is 2.51. The van der Waals surface area contributed by atoms with Crippen molar-refractivity contribution in [2.75, 3.05) is 25.0 Å². The molecule has 22 heavy (non-hydrogen) atoms. The Balaban J connectivity index is 0.00000441. The minimum absolute atomic E-state index is 0. The first-order valence-corrected chi connectivity index (χ1v) is 8.01. The summed E-state index contributed by atoms with van der Waals surface area (Å²) in [6, 6.07) is 5.87. The third-order valence-corrected chi connectivity index (χ3v) is 3.17. The molecule has 0 saturated heterocycles. The Hall–Kier alpha value is -1.05. The van der Waals surface area contributed by atoms with Gasteiger partial charge in [0.1, 0.15) is 5.82 Å². The largest absolute Gasteiger partial charge is 0.370 e. The summed E-state index contributed by atoms with van der Waals surface area (Å²) in [6.45, 7) is 4.84. The van der Waals surface area contributed by atoms with Crippen LogP contribution in [0.4, 0.5) is 5.82 Å². The van der Waals surface area contributed by atoms with Crippen LogP contribution < -0.4 is 16.4 Å². The molecular weight excluding hydrogens is 389 g/mol. The van der Waals surface area contributed by atoms with Gasteiger partial charge in [-0.3, -0.25) is 4.99 Å². The standard InChI is InChI=1S/C16H29N5.HI/c1-2-3-4-6-13-20-16(17)21-14-9-8-12-19-15-10-5-7-11-18-15;/h5,7,10-11H,2-4,6,8-9,12-14H2,1H3,(H,18,19)(H3,17,20,21);1H. The van der Waals surface area contributed by atoms with Gasteiger partial charge in [0, 0.05) is 25.8 Å². The van der Waals surface area contributed by atoms with Crippen molar-refractivity contribution in [1.82, 2.24) is 10.3 Å². The van der Waals surface area contributed by atoms with E-state index >= 15 is 0 Å². The molecule has 1 aromatic rings. The molecule has 5 nitrogen and oxygen atoms in total. The molecule has 1 heterocycles. The first-order valence-electron chi connectivity index (χ1n) is 8.01. The second-order valence-corrected chi connectivity index (χ2v) is 5.10. The van der Waals surface area contributed by atoms with Gasteiger partial charge in [0.05, 0.1) is 0 Å². The predicted molar refractivity (Wildman–Crippen MR) is 106 cm³/mol. The minimum atomic E-state index is 0. The van der Waals surface area contributed by atoms with Gasteiger partial charge in [-0.1, -0.05) is 32.3 Å². The monoisotopic (exact) mass is 419 g/mol. The van der Waals surface area contributed by atoms with Crippen molar-refractivity contribution < 1.29 is 0 Å². The van der Waals surface area contributed by atoms with E-state index in [1.54, 1.807) is 6.20 Å². The Morgan fingerprint density at radius 3 is 2.68 bits per heavy atom. The van der Waals surface area contributed by atoms with Crippen molar-refractivity contribution in [3.05, 3.63) is 24.4 Å². The van der Waals surface area contributed by atoms with Crippen LogP contribution in [0.2, 0.25) is 0 Å². The molecule has 0 unspecified atom stereocenters. The van der Waals surface area contributed by atoms with E-state index in [4.69, 9.17) is 5.73 Å². The average molecular weight is 419 g/mol. The summed E-state index contributed by atoms with van der Waals surface area (Å²) in [4.78, 5) is 8.53. The summed E-state index contributed by atoms with van der Waals surface area (Å²) in [6.07, 6.45) is 8.84. The predicted octanol–water partition coefficient (Wildman–Crippen LogP) is 3.38. The number of unbranched alkanes of at least 4 members (excludes halogenated alkanes) is 4. The highest BCUT2D eigenvalue weighted by atomic mass is 127. The number of anilines is 1. The summed E-state index contributed by atoms with van der Waals surface area (Å²) in [5, 5.41) is 6.44. The van der Waals surface area contributed by atoms with Crippen LogP contribution in [0.25, 0.3) is 0 Å². The molecule has 0 radical (unpaired) electrons. The summed E-state index contributed by atoms with van der Waals surface area (Å²) in [5.74, 6) is 1.50. The lowest BCUT2D eigenvalue weighted by Crippen LogP contribution is -2.32. The third kappa shape index (κ3) is 11.6. The van der Waals surface area contributed by atoms with Gasteiger partial charge >= 0.3 is 0 Å². The normalized spacial score (nSPS) is 10.9. The number of hydrogen-bond donors (Lipinski definition) is 3. The topological polar surface area (TPSA) is 75.3 Å². The van der Waals surface area contributed by atoms with Gasteiger partial charge in [0.25, 0.3) is 0 Å². The van der Waals surface area contributed by atoms with Crippen LogP contribution in [0.1, 0.15) is 45.4 Å². The van der Waals surface area contributed by atoms with Crippen LogP contribution >= 0.6 is 24.0 Å². The van der Waals surface area contributed by atoms with Crippen molar-refractivity contribution in [1.29, 1.82) is 0 Å². The number of rotatable bonds is 11. The fourth-order valence-electron chi connectivity index (χ4n) is 1.94. The molecule has 0 fully saturated rings. The number of aliphatic imine (C=N–C) groups is 1. The van der Waals surface area contributed by atoms with Gasteiger partial charge in [-0.25, -0.2) is 4.98 Å². The minimum Gasteiger partial charge on any atom is -0.370 e. The molecule has 0 amide bonds. The van der Waals surface area contributed by atoms with E-state index in [0.717, 1.165) is 44.7 Å². The van der Waals surface area contributed by atoms with Crippen molar-refractivity contribution in [2.45, 2.75) is 45.4 Å². The molecule has 0 spiro atoms. The number of hydrogen-bond acceptors (Lipinski definition) is 3. The lowest BCUT2D eigenvalue weighted by molar-refractivity contribution is 0.671. The van der Waals surface area contributed by atoms with E-state index in [1.807, 2.05) is 18.2 Å². The summed E-state index contributed by atoms with van der Waals surface area (Å²) in [5.41, 5.74) is 5.81. The number of halogens is 1. The van der Waals surface area contributed by atoms with Gasteiger partial charge in [-0.15, -0.1) is 24.0 Å². The first kappa shape index (κ1) is 20.9. The van der Waals surface area contributed by atoms with E-state index in [-0.39, 0.29) is 24.0 Å². The van der Waals surface area contributed by atoms with Crippen molar-refractivity contribution in [3.8, 4) is 0 Å². The van der Waals surface area contributed by atoms with E-state index in [1.165, 1.54) is 19.3 Å². The number of nitrogens with zero attached hydrogens (tertiary/aromatic N) is 2. The summed E-state index contributed by atoms with van der Waals surface area (Å²) in [7, 11) is 0. The van der Waals surface area contributed by atoms with Crippen LogP contribution in [0.5, 0.6) is 0 Å². The zero-order chi connectivity index (χ0) is 15.2. The second-order valence-electron chi connectivity index (χ2n) is 5.10. The highest BCUT2D eigenvalue weighted by Gasteiger charge is 1.94. The maximum atomic E-state index is 5.81. The quantitative estimate of drug-likeness (QED) is 0.223. The summed E-state index contributed by atoms with van der Waals surface area (Å²) >= 11 is 0. The lowest BCUT2D eigenvalue weighted by Gasteiger charge is -2.07. The van der Waals surface area contributed by atoms with Crippen molar-refractivity contribution in [3.63, 3.8) is 0 Å². The molecule has 0 aliphatic heterocycles. The molecule has 1 aromatic heterocycles. The van der Waals surface area contributed by atoms with Gasteiger partial charge in [0.15, 0.2) is 5.96 Å². The molecule has 0 atom stereocenters. The molecule has 6 heteroatoms. The Kier molecular flexibility index (Phi) is 14.2. The smallest absolute Gasteiger partial charge is 0.188 e. The first-order chi connectivity index (χ1) is 10.3. The lowest BCUT2D eigenvalue weighted by atomic mass is 10.2. The maximum absolute atomic E-state index is 5.81. The van der Waals surface area contributed by atoms with Crippen molar-refractivity contribution >= 4 is 35.8 Å². The van der Waals surface area contributed by atoms with Crippen LogP contribution in [0.3, 0.4) is 0 Å². The number of nitrogens with one attached hydrogen (secondary N) is 2. The Morgan fingerprint density at radius 2 is 1.95 bits per heavy atom. The van der Waals surface area contributed by atoms with E-state index in [0.29, 0.717) is 5.96 Å². The number of nitrogens with two attached hydrogens (primary N) is 1. The number of aromatic nitrogens is 1. The van der Waals surface area contributed by atoms with Gasteiger partial charge in [-0.2, -0.15) is 0 Å². The summed E-state index contributed by atoms with van der Waals surface area (Å²) < 4.78 is 0. The molecule has 4 N–H and O–H groups in total. The Morgan fingerprint density at radius 1 is 1.14 bits per heavy atom. The number of guanidine groups is 1. The second kappa shape index (κ2) is 14.9. The molecule has 0 aliphatic carbocycles. The van der Waals surface area contributed by atoms with Gasteiger partial charge in [-0.05, 0) is 31.4 Å². The molecule has 0 aliphatic rings. The molecule has 0 aromatic carbocycles.